The van der Waals surface area contributed by atoms with Gasteiger partial charge >= 0.3 is 5.97 Å². The van der Waals surface area contributed by atoms with Crippen LogP contribution in [0, 0.1) is 0 Å². The van der Waals surface area contributed by atoms with Crippen molar-refractivity contribution in [1.82, 2.24) is 0 Å². The number of aliphatic hydroxyl groups excluding tert-OH is 1. The normalized spacial score (nSPS) is 11.2. The van der Waals surface area contributed by atoms with Crippen LogP contribution in [0.2, 0.25) is 0 Å². The quantitative estimate of drug-likeness (QED) is 0.836. The maximum Gasteiger partial charge on any atom is 0.338 e. The molecule has 0 saturated carbocycles. The number of ether oxygens (including phenoxy) is 2. The van der Waals surface area contributed by atoms with Gasteiger partial charge in [0.1, 0.15) is 11.4 Å². The minimum absolute atomic E-state index is 0.0623. The van der Waals surface area contributed by atoms with E-state index in [0.29, 0.717) is 17.9 Å². The van der Waals surface area contributed by atoms with E-state index in [0.717, 1.165) is 16.7 Å². The molecule has 2 aromatic carbocycles. The van der Waals surface area contributed by atoms with Crippen molar-refractivity contribution in [3.63, 3.8) is 0 Å². The number of rotatable bonds is 5. The number of carbonyl (C=O) groups excluding carboxylic acids is 1. The number of hydrogen-bond acceptors (Lipinski definition) is 4. The Kier molecular flexibility index (Phi) is 5.62. The highest BCUT2D eigenvalue weighted by Gasteiger charge is 2.17. The van der Waals surface area contributed by atoms with Crippen molar-refractivity contribution < 1.29 is 19.4 Å². The van der Waals surface area contributed by atoms with E-state index in [2.05, 4.69) is 0 Å². The predicted octanol–water partition coefficient (Wildman–Crippen LogP) is 4.20. The second kappa shape index (κ2) is 7.49. The van der Waals surface area contributed by atoms with E-state index < -0.39 is 5.60 Å². The molecule has 2 rings (SSSR count). The second-order valence-electron chi connectivity index (χ2n) is 6.49. The van der Waals surface area contributed by atoms with Crippen LogP contribution in [0.3, 0.4) is 0 Å². The van der Waals surface area contributed by atoms with E-state index in [1.54, 1.807) is 12.1 Å². The van der Waals surface area contributed by atoms with Gasteiger partial charge in [0, 0.05) is 5.56 Å². The van der Waals surface area contributed by atoms with Gasteiger partial charge in [-0.15, -0.1) is 0 Å². The van der Waals surface area contributed by atoms with E-state index in [4.69, 9.17) is 9.47 Å². The first-order chi connectivity index (χ1) is 11.3. The van der Waals surface area contributed by atoms with Crippen molar-refractivity contribution in [3.05, 3.63) is 53.6 Å². The standard InChI is InChI=1S/C20H24O4/c1-5-23-18-12-16(10-11-17(18)13-21)14-6-8-15(9-7-14)19(22)24-20(2,3)4/h6-12,21H,5,13H2,1-4H3. The maximum atomic E-state index is 12.1. The highest BCUT2D eigenvalue weighted by molar-refractivity contribution is 5.90. The third kappa shape index (κ3) is 4.59. The van der Waals surface area contributed by atoms with Gasteiger partial charge in [-0.2, -0.15) is 0 Å². The molecule has 0 atom stereocenters. The van der Waals surface area contributed by atoms with Gasteiger partial charge < -0.3 is 14.6 Å². The zero-order valence-electron chi connectivity index (χ0n) is 14.6. The molecular weight excluding hydrogens is 304 g/mol. The lowest BCUT2D eigenvalue weighted by atomic mass is 10.0. The molecule has 0 aliphatic carbocycles. The van der Waals surface area contributed by atoms with Crippen LogP contribution < -0.4 is 4.74 Å². The molecule has 4 nitrogen and oxygen atoms in total. The molecule has 24 heavy (non-hydrogen) atoms. The zero-order chi connectivity index (χ0) is 17.7. The van der Waals surface area contributed by atoms with E-state index in [9.17, 15) is 9.90 Å². The van der Waals surface area contributed by atoms with Crippen LogP contribution in [-0.4, -0.2) is 23.3 Å². The first kappa shape index (κ1) is 18.0. The Hall–Kier alpha value is -2.33. The molecule has 0 unspecified atom stereocenters. The van der Waals surface area contributed by atoms with Gasteiger partial charge in [-0.05, 0) is 57.0 Å². The summed E-state index contributed by atoms with van der Waals surface area (Å²) in [6.07, 6.45) is 0. The fourth-order valence-corrected chi connectivity index (χ4v) is 2.29. The Bertz CT molecular complexity index is 697. The summed E-state index contributed by atoms with van der Waals surface area (Å²) in [6.45, 7) is 7.91. The van der Waals surface area contributed by atoms with Crippen LogP contribution >= 0.6 is 0 Å². The third-order valence-corrected chi connectivity index (χ3v) is 3.39. The number of esters is 1. The Balaban J connectivity index is 2.24. The van der Waals surface area contributed by atoms with Crippen LogP contribution in [0.15, 0.2) is 42.5 Å². The fraction of sp³-hybridized carbons (Fsp3) is 0.350. The van der Waals surface area contributed by atoms with Crippen LogP contribution in [0.4, 0.5) is 0 Å². The molecule has 0 amide bonds. The van der Waals surface area contributed by atoms with Gasteiger partial charge in [0.05, 0.1) is 18.8 Å². The molecule has 0 bridgehead atoms. The second-order valence-corrected chi connectivity index (χ2v) is 6.49. The summed E-state index contributed by atoms with van der Waals surface area (Å²) < 4.78 is 10.9. The van der Waals surface area contributed by atoms with Crippen LogP contribution in [0.25, 0.3) is 11.1 Å². The lowest BCUT2D eigenvalue weighted by Gasteiger charge is -2.19. The molecular formula is C20H24O4. The van der Waals surface area contributed by atoms with Crippen molar-refractivity contribution in [2.24, 2.45) is 0 Å². The van der Waals surface area contributed by atoms with Crippen LogP contribution in [0.5, 0.6) is 5.75 Å². The molecule has 0 fully saturated rings. The first-order valence-corrected chi connectivity index (χ1v) is 8.04. The molecule has 0 heterocycles. The Morgan fingerprint density at radius 2 is 1.67 bits per heavy atom. The summed E-state index contributed by atoms with van der Waals surface area (Å²) in [5.41, 5.74) is 2.69. The summed E-state index contributed by atoms with van der Waals surface area (Å²) in [5, 5.41) is 9.37. The summed E-state index contributed by atoms with van der Waals surface area (Å²) in [5.74, 6) is 0.341. The van der Waals surface area contributed by atoms with Crippen LogP contribution in [-0.2, 0) is 11.3 Å². The minimum atomic E-state index is -0.512. The molecule has 128 valence electrons. The molecule has 1 N–H and O–H groups in total. The average molecular weight is 328 g/mol. The minimum Gasteiger partial charge on any atom is -0.493 e. The summed E-state index contributed by atoms with van der Waals surface area (Å²) in [4.78, 5) is 12.1. The van der Waals surface area contributed by atoms with Crippen molar-refractivity contribution in [2.45, 2.75) is 39.9 Å². The fourth-order valence-electron chi connectivity index (χ4n) is 2.29. The Morgan fingerprint density at radius 1 is 1.04 bits per heavy atom. The van der Waals surface area contributed by atoms with Crippen molar-refractivity contribution in [2.75, 3.05) is 6.61 Å². The highest BCUT2D eigenvalue weighted by atomic mass is 16.6. The third-order valence-electron chi connectivity index (χ3n) is 3.39. The van der Waals surface area contributed by atoms with Crippen molar-refractivity contribution in [1.29, 1.82) is 0 Å². The summed E-state index contributed by atoms with van der Waals surface area (Å²) in [6, 6.07) is 12.9. The predicted molar refractivity (Wildman–Crippen MR) is 94.1 cm³/mol. The smallest absolute Gasteiger partial charge is 0.338 e. The van der Waals surface area contributed by atoms with Gasteiger partial charge in [0.15, 0.2) is 0 Å². The molecule has 2 aromatic rings. The molecule has 4 heteroatoms. The first-order valence-electron chi connectivity index (χ1n) is 8.04. The molecule has 0 aliphatic rings. The van der Waals surface area contributed by atoms with Crippen LogP contribution in [0.1, 0.15) is 43.6 Å². The number of hydrogen-bond donors (Lipinski definition) is 1. The zero-order valence-corrected chi connectivity index (χ0v) is 14.6. The number of carbonyl (C=O) groups is 1. The van der Waals surface area contributed by atoms with E-state index in [1.165, 1.54) is 0 Å². The monoisotopic (exact) mass is 328 g/mol. The summed E-state index contributed by atoms with van der Waals surface area (Å²) in [7, 11) is 0. The highest BCUT2D eigenvalue weighted by Crippen LogP contribution is 2.28. The number of aliphatic hydroxyl groups is 1. The van der Waals surface area contributed by atoms with E-state index in [1.807, 2.05) is 58.0 Å². The average Bonchev–Trinajstić information content (AvgIpc) is 2.54. The maximum absolute atomic E-state index is 12.1. The molecule has 0 spiro atoms. The van der Waals surface area contributed by atoms with Gasteiger partial charge in [-0.25, -0.2) is 4.79 Å². The van der Waals surface area contributed by atoms with E-state index >= 15 is 0 Å². The van der Waals surface area contributed by atoms with Crippen molar-refractivity contribution in [3.8, 4) is 16.9 Å². The lowest BCUT2D eigenvalue weighted by molar-refractivity contribution is 0.00695. The lowest BCUT2D eigenvalue weighted by Crippen LogP contribution is -2.23. The topological polar surface area (TPSA) is 55.8 Å². The molecule has 0 saturated heterocycles. The summed E-state index contributed by atoms with van der Waals surface area (Å²) >= 11 is 0. The molecule has 0 aromatic heterocycles. The van der Waals surface area contributed by atoms with Crippen molar-refractivity contribution >= 4 is 5.97 Å². The van der Waals surface area contributed by atoms with Gasteiger partial charge in [-0.1, -0.05) is 24.3 Å². The van der Waals surface area contributed by atoms with Gasteiger partial charge in [0.25, 0.3) is 0 Å². The van der Waals surface area contributed by atoms with Gasteiger partial charge in [0.2, 0.25) is 0 Å². The van der Waals surface area contributed by atoms with E-state index in [-0.39, 0.29) is 12.6 Å². The van der Waals surface area contributed by atoms with Gasteiger partial charge in [-0.3, -0.25) is 0 Å². The Labute approximate surface area is 143 Å². The molecule has 0 aliphatic heterocycles. The largest absolute Gasteiger partial charge is 0.493 e. The SMILES string of the molecule is CCOc1cc(-c2ccc(C(=O)OC(C)(C)C)cc2)ccc1CO. The Morgan fingerprint density at radius 3 is 2.21 bits per heavy atom. The molecule has 0 radical (unpaired) electrons. The number of benzene rings is 2.